The molecule has 1 aliphatic carbocycles. The molecule has 2 N–H and O–H groups in total. The van der Waals surface area contributed by atoms with Gasteiger partial charge in [0.05, 0.1) is 6.61 Å². The van der Waals surface area contributed by atoms with Crippen LogP contribution in [0.2, 0.25) is 0 Å². The van der Waals surface area contributed by atoms with Crippen molar-refractivity contribution in [1.82, 2.24) is 5.32 Å². The first kappa shape index (κ1) is 29.6. The van der Waals surface area contributed by atoms with Crippen molar-refractivity contribution in [2.75, 3.05) is 12.4 Å². The molecule has 0 radical (unpaired) electrons. The van der Waals surface area contributed by atoms with Gasteiger partial charge in [0.15, 0.2) is 0 Å². The maximum Gasteiger partial charge on any atom is 0.329 e. The minimum absolute atomic E-state index is 0.0861. The first-order valence-electron chi connectivity index (χ1n) is 11.6. The third-order valence-corrected chi connectivity index (χ3v) is 6.31. The number of hydrogen-bond acceptors (Lipinski definition) is 5. The number of nitrogens with one attached hydrogen (secondary N) is 1. The van der Waals surface area contributed by atoms with Gasteiger partial charge in [-0.1, -0.05) is 62.3 Å². The summed E-state index contributed by atoms with van der Waals surface area (Å²) in [4.78, 5) is 24.3. The molecular weight excluding hydrogens is 454 g/mol. The largest absolute Gasteiger partial charge is 0.464 e. The van der Waals surface area contributed by atoms with Gasteiger partial charge in [-0.2, -0.15) is 8.42 Å². The molecule has 0 saturated carbocycles. The van der Waals surface area contributed by atoms with E-state index in [2.05, 4.69) is 38.2 Å². The lowest BCUT2D eigenvalue weighted by Crippen LogP contribution is -2.45. The maximum atomic E-state index is 12.3. The van der Waals surface area contributed by atoms with Crippen molar-refractivity contribution in [3.63, 3.8) is 0 Å². The van der Waals surface area contributed by atoms with Gasteiger partial charge in [-0.05, 0) is 63.0 Å². The predicted molar refractivity (Wildman–Crippen MR) is 136 cm³/mol. The number of rotatable bonds is 11. The Morgan fingerprint density at radius 3 is 2.47 bits per heavy atom. The number of hydrogen-bond donors (Lipinski definition) is 2. The van der Waals surface area contributed by atoms with Gasteiger partial charge < -0.3 is 10.1 Å². The molecule has 1 atom stereocenters. The van der Waals surface area contributed by atoms with Crippen molar-refractivity contribution < 1.29 is 27.3 Å². The lowest BCUT2D eigenvalue weighted by molar-refractivity contribution is -0.146. The van der Waals surface area contributed by atoms with Crippen LogP contribution in [0.15, 0.2) is 58.7 Å². The summed E-state index contributed by atoms with van der Waals surface area (Å²) in [5, 5.41) is 2.29. The molecule has 1 rings (SSSR count). The lowest BCUT2D eigenvalue weighted by atomic mass is 9.72. The molecule has 0 fully saturated rings. The van der Waals surface area contributed by atoms with E-state index in [1.165, 1.54) is 30.1 Å². The van der Waals surface area contributed by atoms with Crippen molar-refractivity contribution in [2.24, 2.45) is 5.41 Å². The molecule has 0 bridgehead atoms. The van der Waals surface area contributed by atoms with Gasteiger partial charge in [-0.15, -0.1) is 0 Å². The average Bonchev–Trinajstić information content (AvgIpc) is 2.69. The first-order valence-corrected chi connectivity index (χ1v) is 13.2. The van der Waals surface area contributed by atoms with Gasteiger partial charge in [-0.3, -0.25) is 9.35 Å². The SMILES string of the molecule is CCCOC(=O)[C@H](CS(=O)(=O)O)NC(=O)\C=C(C)/C=C/C=C(C)/C=C/C1=C(C)CCCC1(C)C. The van der Waals surface area contributed by atoms with Crippen LogP contribution >= 0.6 is 0 Å². The normalized spacial score (nSPS) is 18.4. The Bertz CT molecular complexity index is 996. The second-order valence-corrected chi connectivity index (χ2v) is 10.9. The van der Waals surface area contributed by atoms with Gasteiger partial charge in [0.2, 0.25) is 5.91 Å². The van der Waals surface area contributed by atoms with Gasteiger partial charge in [0, 0.05) is 6.08 Å². The fourth-order valence-electron chi connectivity index (χ4n) is 3.78. The smallest absolute Gasteiger partial charge is 0.329 e. The molecule has 1 aliphatic rings. The standard InChI is InChI=1S/C26H39NO6S/c1-7-16-33-25(29)23(18-34(30,31)32)27-24(28)17-20(3)11-8-10-19(2)13-14-22-21(4)12-9-15-26(22,5)6/h8,10-11,13-14,17,23H,7,9,12,15-16,18H2,1-6H3,(H,27,28)(H,30,31,32)/b11-8+,14-13+,19-10+,20-17-/t23-/m0/s1. The Balaban J connectivity index is 2.81. The number of carbonyl (C=O) groups is 2. The Hall–Kier alpha value is -2.45. The molecule has 0 heterocycles. The monoisotopic (exact) mass is 493 g/mol. The molecule has 0 unspecified atom stereocenters. The second-order valence-electron chi connectivity index (χ2n) is 9.40. The highest BCUT2D eigenvalue weighted by Crippen LogP contribution is 2.40. The van der Waals surface area contributed by atoms with Crippen LogP contribution in [0, 0.1) is 5.41 Å². The molecule has 34 heavy (non-hydrogen) atoms. The molecule has 0 aromatic carbocycles. The summed E-state index contributed by atoms with van der Waals surface area (Å²) in [6, 6.07) is -1.49. The maximum absolute atomic E-state index is 12.3. The molecule has 0 aromatic rings. The van der Waals surface area contributed by atoms with Crippen LogP contribution in [0.3, 0.4) is 0 Å². The molecular formula is C26H39NO6S. The molecule has 0 saturated heterocycles. The number of esters is 1. The van der Waals surface area contributed by atoms with Gasteiger partial charge in [0.1, 0.15) is 11.8 Å². The van der Waals surface area contributed by atoms with Gasteiger partial charge in [-0.25, -0.2) is 4.79 Å². The van der Waals surface area contributed by atoms with E-state index in [0.29, 0.717) is 12.0 Å². The zero-order valence-electron chi connectivity index (χ0n) is 21.2. The van der Waals surface area contributed by atoms with Crippen molar-refractivity contribution in [1.29, 1.82) is 0 Å². The summed E-state index contributed by atoms with van der Waals surface area (Å²) in [5.41, 5.74) is 4.66. The van der Waals surface area contributed by atoms with Crippen LogP contribution in [-0.2, 0) is 24.4 Å². The lowest BCUT2D eigenvalue weighted by Gasteiger charge is -2.32. The van der Waals surface area contributed by atoms with Crippen molar-refractivity contribution in [3.05, 3.63) is 58.7 Å². The molecule has 0 aliphatic heterocycles. The second kappa shape index (κ2) is 13.4. The van der Waals surface area contributed by atoms with Crippen LogP contribution < -0.4 is 5.32 Å². The Morgan fingerprint density at radius 1 is 1.21 bits per heavy atom. The van der Waals surface area contributed by atoms with E-state index in [9.17, 15) is 18.0 Å². The molecule has 8 heteroatoms. The molecule has 0 spiro atoms. The minimum atomic E-state index is -4.48. The van der Waals surface area contributed by atoms with Gasteiger partial charge in [0.25, 0.3) is 10.1 Å². The zero-order chi connectivity index (χ0) is 25.9. The van der Waals surface area contributed by atoms with Crippen LogP contribution in [0.5, 0.6) is 0 Å². The number of allylic oxidation sites excluding steroid dienone is 9. The summed E-state index contributed by atoms with van der Waals surface area (Å²) in [7, 11) is -4.48. The van der Waals surface area contributed by atoms with Gasteiger partial charge >= 0.3 is 5.97 Å². The van der Waals surface area contributed by atoms with E-state index < -0.39 is 33.8 Å². The van der Waals surface area contributed by atoms with Crippen LogP contribution in [0.25, 0.3) is 0 Å². The van der Waals surface area contributed by atoms with Crippen LogP contribution in [0.1, 0.15) is 67.2 Å². The highest BCUT2D eigenvalue weighted by molar-refractivity contribution is 7.85. The van der Waals surface area contributed by atoms with E-state index in [1.807, 2.05) is 19.1 Å². The van der Waals surface area contributed by atoms with E-state index in [-0.39, 0.29) is 12.0 Å². The predicted octanol–water partition coefficient (Wildman–Crippen LogP) is 4.84. The first-order chi connectivity index (χ1) is 15.7. The zero-order valence-corrected chi connectivity index (χ0v) is 22.0. The molecule has 1 amide bonds. The quantitative estimate of drug-likeness (QED) is 0.184. The summed E-state index contributed by atoms with van der Waals surface area (Å²) >= 11 is 0. The summed E-state index contributed by atoms with van der Waals surface area (Å²) in [6.07, 6.45) is 15.1. The Morgan fingerprint density at radius 2 is 1.88 bits per heavy atom. The van der Waals surface area contributed by atoms with E-state index >= 15 is 0 Å². The third-order valence-electron chi connectivity index (χ3n) is 5.56. The summed E-state index contributed by atoms with van der Waals surface area (Å²) in [5.74, 6) is -2.52. The summed E-state index contributed by atoms with van der Waals surface area (Å²) < 4.78 is 36.4. The van der Waals surface area contributed by atoms with E-state index in [1.54, 1.807) is 19.9 Å². The minimum Gasteiger partial charge on any atom is -0.464 e. The van der Waals surface area contributed by atoms with E-state index in [0.717, 1.165) is 12.0 Å². The molecule has 0 aromatic heterocycles. The van der Waals surface area contributed by atoms with Crippen LogP contribution in [-0.4, -0.2) is 43.2 Å². The Kier molecular flexibility index (Phi) is 11.7. The fourth-order valence-corrected chi connectivity index (χ4v) is 4.42. The number of ether oxygens (including phenoxy) is 1. The van der Waals surface area contributed by atoms with E-state index in [4.69, 9.17) is 9.29 Å². The Labute approximate surface area is 204 Å². The third kappa shape index (κ3) is 11.1. The average molecular weight is 494 g/mol. The number of carbonyl (C=O) groups excluding carboxylic acids is 2. The molecule has 7 nitrogen and oxygen atoms in total. The highest BCUT2D eigenvalue weighted by Gasteiger charge is 2.27. The highest BCUT2D eigenvalue weighted by atomic mass is 32.2. The number of amides is 1. The fraction of sp³-hybridized carbons (Fsp3) is 0.538. The van der Waals surface area contributed by atoms with Crippen molar-refractivity contribution in [2.45, 2.75) is 73.3 Å². The molecule has 190 valence electrons. The van der Waals surface area contributed by atoms with Crippen molar-refractivity contribution >= 4 is 22.0 Å². The van der Waals surface area contributed by atoms with Crippen molar-refractivity contribution in [3.8, 4) is 0 Å². The summed E-state index contributed by atoms with van der Waals surface area (Å²) in [6.45, 7) is 12.3. The van der Waals surface area contributed by atoms with Crippen LogP contribution in [0.4, 0.5) is 0 Å². The topological polar surface area (TPSA) is 110 Å².